The van der Waals surface area contributed by atoms with Crippen molar-refractivity contribution in [1.29, 1.82) is 0 Å². The highest BCUT2D eigenvalue weighted by Crippen LogP contribution is 2.30. The van der Waals surface area contributed by atoms with Crippen LogP contribution in [0.4, 0.5) is 15.2 Å². The predicted molar refractivity (Wildman–Crippen MR) is 82.3 cm³/mol. The molecule has 110 valence electrons. The van der Waals surface area contributed by atoms with Crippen LogP contribution in [0.25, 0.3) is 0 Å². The van der Waals surface area contributed by atoms with E-state index in [1.54, 1.807) is 12.1 Å². The van der Waals surface area contributed by atoms with Gasteiger partial charge in [0.25, 0.3) is 0 Å². The van der Waals surface area contributed by atoms with E-state index in [2.05, 4.69) is 20.8 Å². The minimum Gasteiger partial charge on any atom is -0.357 e. The number of carbonyl (C=O) groups excluding carboxylic acids is 1. The Morgan fingerprint density at radius 1 is 1.38 bits per heavy atom. The van der Waals surface area contributed by atoms with E-state index in [-0.39, 0.29) is 17.3 Å². The highest BCUT2D eigenvalue weighted by molar-refractivity contribution is 8.01. The minimum absolute atomic E-state index is 0.173. The molecule has 2 aromatic rings. The van der Waals surface area contributed by atoms with Crippen molar-refractivity contribution in [2.45, 2.75) is 23.2 Å². The van der Waals surface area contributed by atoms with Crippen LogP contribution in [-0.4, -0.2) is 27.9 Å². The summed E-state index contributed by atoms with van der Waals surface area (Å²) < 4.78 is 14.1. The number of amides is 1. The van der Waals surface area contributed by atoms with E-state index >= 15 is 0 Å². The maximum absolute atomic E-state index is 13.4. The summed E-state index contributed by atoms with van der Waals surface area (Å²) in [5.74, 6) is -0.536. The molecule has 0 bridgehead atoms. The lowest BCUT2D eigenvalue weighted by molar-refractivity contribution is -0.113. The molecular weight excluding hydrogens is 311 g/mol. The van der Waals surface area contributed by atoms with Gasteiger partial charge in [0.15, 0.2) is 4.34 Å². The van der Waals surface area contributed by atoms with Crippen molar-refractivity contribution in [2.24, 2.45) is 0 Å². The second-order valence-electron chi connectivity index (χ2n) is 4.61. The van der Waals surface area contributed by atoms with Crippen LogP contribution < -0.4 is 10.6 Å². The number of para-hydroxylation sites is 1. The van der Waals surface area contributed by atoms with Gasteiger partial charge in [-0.1, -0.05) is 35.2 Å². The third-order valence-corrected chi connectivity index (χ3v) is 4.77. The van der Waals surface area contributed by atoms with Gasteiger partial charge in [0.05, 0.1) is 11.4 Å². The SMILES string of the molecule is O=C(CSc1nnc(NC2CC2)s1)Nc1ccccc1F. The van der Waals surface area contributed by atoms with Crippen LogP contribution in [0.5, 0.6) is 0 Å². The zero-order valence-electron chi connectivity index (χ0n) is 11.0. The van der Waals surface area contributed by atoms with Gasteiger partial charge in [-0.3, -0.25) is 4.79 Å². The predicted octanol–water partition coefficient (Wildman–Crippen LogP) is 2.98. The molecule has 1 amide bonds. The summed E-state index contributed by atoms with van der Waals surface area (Å²) in [5, 5.41) is 14.6. The van der Waals surface area contributed by atoms with Crippen LogP contribution in [0.1, 0.15) is 12.8 Å². The second kappa shape index (κ2) is 6.40. The smallest absolute Gasteiger partial charge is 0.234 e. The maximum atomic E-state index is 13.4. The molecule has 0 radical (unpaired) electrons. The standard InChI is InChI=1S/C13H13FN4OS2/c14-9-3-1-2-4-10(9)16-11(19)7-20-13-18-17-12(21-13)15-8-5-6-8/h1-4,8H,5-7H2,(H,15,17)(H,16,19). The summed E-state index contributed by atoms with van der Waals surface area (Å²) in [6.45, 7) is 0. The quantitative estimate of drug-likeness (QED) is 0.800. The Bertz CT molecular complexity index is 645. The number of halogens is 1. The van der Waals surface area contributed by atoms with Crippen molar-refractivity contribution in [1.82, 2.24) is 10.2 Å². The molecule has 1 heterocycles. The van der Waals surface area contributed by atoms with Gasteiger partial charge in [0, 0.05) is 6.04 Å². The summed E-state index contributed by atoms with van der Waals surface area (Å²) in [6.07, 6.45) is 2.35. The third kappa shape index (κ3) is 4.15. The van der Waals surface area contributed by atoms with Crippen LogP contribution in [0.3, 0.4) is 0 Å². The van der Waals surface area contributed by atoms with Crippen molar-refractivity contribution in [3.8, 4) is 0 Å². The summed E-state index contributed by atoms with van der Waals surface area (Å²) in [5.41, 5.74) is 0.191. The molecule has 0 aliphatic heterocycles. The zero-order valence-corrected chi connectivity index (χ0v) is 12.6. The molecule has 21 heavy (non-hydrogen) atoms. The number of nitrogens with one attached hydrogen (secondary N) is 2. The zero-order chi connectivity index (χ0) is 14.7. The molecule has 0 saturated heterocycles. The lowest BCUT2D eigenvalue weighted by atomic mass is 10.3. The second-order valence-corrected chi connectivity index (χ2v) is 6.81. The largest absolute Gasteiger partial charge is 0.357 e. The summed E-state index contributed by atoms with van der Waals surface area (Å²) >= 11 is 2.72. The van der Waals surface area contributed by atoms with Gasteiger partial charge < -0.3 is 10.6 Å². The molecule has 1 aliphatic carbocycles. The Morgan fingerprint density at radius 3 is 2.95 bits per heavy atom. The molecule has 3 rings (SSSR count). The third-order valence-electron chi connectivity index (χ3n) is 2.79. The van der Waals surface area contributed by atoms with Gasteiger partial charge in [-0.25, -0.2) is 4.39 Å². The van der Waals surface area contributed by atoms with Crippen molar-refractivity contribution in [3.05, 3.63) is 30.1 Å². The van der Waals surface area contributed by atoms with Crippen LogP contribution >= 0.6 is 23.1 Å². The Morgan fingerprint density at radius 2 is 2.19 bits per heavy atom. The average Bonchev–Trinajstić information content (AvgIpc) is 3.16. The monoisotopic (exact) mass is 324 g/mol. The molecule has 0 atom stereocenters. The molecule has 1 fully saturated rings. The van der Waals surface area contributed by atoms with E-state index in [1.807, 2.05) is 0 Å². The molecule has 2 N–H and O–H groups in total. The molecule has 1 aromatic heterocycles. The Kier molecular flexibility index (Phi) is 4.35. The minimum atomic E-state index is -0.442. The first-order chi connectivity index (χ1) is 10.2. The number of hydrogen-bond acceptors (Lipinski definition) is 6. The number of carbonyl (C=O) groups is 1. The van der Waals surface area contributed by atoms with Crippen molar-refractivity contribution in [2.75, 3.05) is 16.4 Å². The van der Waals surface area contributed by atoms with Gasteiger partial charge >= 0.3 is 0 Å². The first-order valence-electron chi connectivity index (χ1n) is 6.48. The van der Waals surface area contributed by atoms with Gasteiger partial charge in [0.2, 0.25) is 11.0 Å². The summed E-state index contributed by atoms with van der Waals surface area (Å²) in [4.78, 5) is 11.8. The number of anilines is 2. The molecule has 1 aliphatic rings. The van der Waals surface area contributed by atoms with Crippen molar-refractivity contribution in [3.63, 3.8) is 0 Å². The van der Waals surface area contributed by atoms with E-state index in [9.17, 15) is 9.18 Å². The molecule has 0 unspecified atom stereocenters. The Labute approximate surface area is 129 Å². The number of aromatic nitrogens is 2. The lowest BCUT2D eigenvalue weighted by Gasteiger charge is -2.04. The van der Waals surface area contributed by atoms with Crippen LogP contribution in [0, 0.1) is 5.82 Å². The Hall–Kier alpha value is -1.67. The van der Waals surface area contributed by atoms with E-state index in [0.717, 1.165) is 9.47 Å². The van der Waals surface area contributed by atoms with Gasteiger partial charge in [0.1, 0.15) is 5.82 Å². The molecule has 0 spiro atoms. The van der Waals surface area contributed by atoms with Crippen molar-refractivity contribution >= 4 is 39.8 Å². The molecule has 5 nitrogen and oxygen atoms in total. The number of nitrogens with zero attached hydrogens (tertiary/aromatic N) is 2. The van der Waals surface area contributed by atoms with E-state index in [1.165, 1.54) is 48.1 Å². The van der Waals surface area contributed by atoms with E-state index in [0.29, 0.717) is 6.04 Å². The topological polar surface area (TPSA) is 66.9 Å². The highest BCUT2D eigenvalue weighted by Gasteiger charge is 2.22. The molecule has 1 saturated carbocycles. The fraction of sp³-hybridized carbons (Fsp3) is 0.308. The van der Waals surface area contributed by atoms with Gasteiger partial charge in [-0.2, -0.15) is 0 Å². The van der Waals surface area contributed by atoms with Gasteiger partial charge in [-0.15, -0.1) is 10.2 Å². The summed E-state index contributed by atoms with van der Waals surface area (Å²) in [6, 6.07) is 6.62. The Balaban J connectivity index is 1.49. The van der Waals surface area contributed by atoms with E-state index in [4.69, 9.17) is 0 Å². The van der Waals surface area contributed by atoms with Gasteiger partial charge in [-0.05, 0) is 25.0 Å². The molecule has 1 aromatic carbocycles. The fourth-order valence-electron chi connectivity index (χ4n) is 1.60. The highest BCUT2D eigenvalue weighted by atomic mass is 32.2. The number of hydrogen-bond donors (Lipinski definition) is 2. The number of thioether (sulfide) groups is 1. The van der Waals surface area contributed by atoms with Crippen LogP contribution in [0.15, 0.2) is 28.6 Å². The summed E-state index contributed by atoms with van der Waals surface area (Å²) in [7, 11) is 0. The normalized spacial score (nSPS) is 14.0. The lowest BCUT2D eigenvalue weighted by Crippen LogP contribution is -2.14. The molecular formula is C13H13FN4OS2. The average molecular weight is 324 g/mol. The van der Waals surface area contributed by atoms with Crippen molar-refractivity contribution < 1.29 is 9.18 Å². The number of benzene rings is 1. The maximum Gasteiger partial charge on any atom is 0.234 e. The molecule has 8 heteroatoms. The fourth-order valence-corrected chi connectivity index (χ4v) is 3.23. The van der Waals surface area contributed by atoms with Crippen LogP contribution in [-0.2, 0) is 4.79 Å². The first-order valence-corrected chi connectivity index (χ1v) is 8.28. The van der Waals surface area contributed by atoms with Crippen LogP contribution in [0.2, 0.25) is 0 Å². The number of rotatable bonds is 6. The van der Waals surface area contributed by atoms with E-state index < -0.39 is 5.82 Å². The first kappa shape index (κ1) is 14.3.